The second-order valence-corrected chi connectivity index (χ2v) is 6.89. The highest BCUT2D eigenvalue weighted by atomic mass is 19.4. The molecule has 1 heterocycles. The molecule has 2 aromatic carbocycles. The van der Waals surface area contributed by atoms with Gasteiger partial charge in [0.05, 0.1) is 12.7 Å². The summed E-state index contributed by atoms with van der Waals surface area (Å²) < 4.78 is 48.0. The van der Waals surface area contributed by atoms with E-state index < -0.39 is 11.7 Å². The molecular formula is C22H22F3N3O3. The number of nitrogens with one attached hydrogen (secondary N) is 1. The molecule has 0 aliphatic carbocycles. The number of halogens is 3. The summed E-state index contributed by atoms with van der Waals surface area (Å²) in [6, 6.07) is 12.2. The lowest BCUT2D eigenvalue weighted by Gasteiger charge is -2.08. The van der Waals surface area contributed by atoms with Gasteiger partial charge in [0.25, 0.3) is 0 Å². The minimum atomic E-state index is -4.35. The van der Waals surface area contributed by atoms with E-state index in [0.29, 0.717) is 37.5 Å². The predicted molar refractivity (Wildman–Crippen MR) is 107 cm³/mol. The highest BCUT2D eigenvalue weighted by molar-refractivity contribution is 5.75. The van der Waals surface area contributed by atoms with Gasteiger partial charge in [-0.25, -0.2) is 0 Å². The lowest BCUT2D eigenvalue weighted by Crippen LogP contribution is -2.25. The summed E-state index contributed by atoms with van der Waals surface area (Å²) in [5.74, 6) is 1.51. The van der Waals surface area contributed by atoms with E-state index in [1.807, 2.05) is 12.1 Å². The predicted octanol–water partition coefficient (Wildman–Crippen LogP) is 4.45. The number of alkyl halides is 3. The van der Waals surface area contributed by atoms with E-state index in [-0.39, 0.29) is 12.3 Å². The molecule has 0 bridgehead atoms. The van der Waals surface area contributed by atoms with Gasteiger partial charge in [0.15, 0.2) is 0 Å². The molecule has 31 heavy (non-hydrogen) atoms. The molecule has 0 fully saturated rings. The van der Waals surface area contributed by atoms with Gasteiger partial charge in [0.2, 0.25) is 17.6 Å². The number of nitrogens with zero attached hydrogens (tertiary/aromatic N) is 2. The number of hydrogen-bond acceptors (Lipinski definition) is 5. The molecule has 3 rings (SSSR count). The molecule has 3 aromatic rings. The Labute approximate surface area is 177 Å². The molecule has 1 N–H and O–H groups in total. The Hall–Kier alpha value is -3.36. The molecule has 0 atom stereocenters. The zero-order chi connectivity index (χ0) is 22.3. The molecule has 0 spiro atoms. The summed E-state index contributed by atoms with van der Waals surface area (Å²) in [6.07, 6.45) is -2.60. The van der Waals surface area contributed by atoms with Crippen molar-refractivity contribution in [1.82, 2.24) is 15.5 Å². The highest BCUT2D eigenvalue weighted by Gasteiger charge is 2.29. The first kappa shape index (κ1) is 22.3. The first-order valence-electron chi connectivity index (χ1n) is 9.75. The maximum Gasteiger partial charge on any atom is 0.416 e. The number of benzene rings is 2. The normalized spacial score (nSPS) is 11.4. The van der Waals surface area contributed by atoms with Crippen molar-refractivity contribution in [3.63, 3.8) is 0 Å². The summed E-state index contributed by atoms with van der Waals surface area (Å²) in [4.78, 5) is 16.3. The summed E-state index contributed by atoms with van der Waals surface area (Å²) in [5, 5.41) is 6.71. The monoisotopic (exact) mass is 433 g/mol. The lowest BCUT2D eigenvalue weighted by atomic mass is 10.1. The highest BCUT2D eigenvalue weighted by Crippen LogP contribution is 2.29. The summed E-state index contributed by atoms with van der Waals surface area (Å²) in [6.45, 7) is 0.354. The third kappa shape index (κ3) is 6.56. The van der Waals surface area contributed by atoms with E-state index in [1.54, 1.807) is 19.2 Å². The molecule has 1 aromatic heterocycles. The van der Waals surface area contributed by atoms with Crippen molar-refractivity contribution in [3.8, 4) is 17.1 Å². The fourth-order valence-corrected chi connectivity index (χ4v) is 2.91. The van der Waals surface area contributed by atoms with Crippen LogP contribution in [0.3, 0.4) is 0 Å². The van der Waals surface area contributed by atoms with E-state index in [4.69, 9.17) is 9.26 Å². The zero-order valence-corrected chi connectivity index (χ0v) is 16.9. The van der Waals surface area contributed by atoms with Crippen LogP contribution < -0.4 is 10.1 Å². The van der Waals surface area contributed by atoms with Crippen molar-refractivity contribution in [3.05, 3.63) is 65.5 Å². The average molecular weight is 433 g/mol. The van der Waals surface area contributed by atoms with E-state index in [0.717, 1.165) is 29.0 Å². The number of ether oxygens (including phenoxy) is 1. The van der Waals surface area contributed by atoms with Crippen molar-refractivity contribution in [2.24, 2.45) is 0 Å². The Morgan fingerprint density at radius 1 is 1.06 bits per heavy atom. The van der Waals surface area contributed by atoms with Gasteiger partial charge in [-0.15, -0.1) is 0 Å². The Balaban J connectivity index is 1.37. The van der Waals surface area contributed by atoms with Gasteiger partial charge in [-0.2, -0.15) is 18.2 Å². The van der Waals surface area contributed by atoms with Gasteiger partial charge < -0.3 is 14.6 Å². The molecule has 0 aliphatic heterocycles. The van der Waals surface area contributed by atoms with Gasteiger partial charge in [-0.05, 0) is 54.8 Å². The van der Waals surface area contributed by atoms with Crippen molar-refractivity contribution >= 4 is 5.91 Å². The first-order chi connectivity index (χ1) is 14.8. The molecular weight excluding hydrogens is 411 g/mol. The Kier molecular flexibility index (Phi) is 7.28. The van der Waals surface area contributed by atoms with Crippen molar-refractivity contribution < 1.29 is 27.2 Å². The van der Waals surface area contributed by atoms with Crippen molar-refractivity contribution in [2.45, 2.75) is 31.9 Å². The number of aromatic nitrogens is 2. The maximum absolute atomic E-state index is 12.6. The van der Waals surface area contributed by atoms with Crippen LogP contribution in [0.2, 0.25) is 0 Å². The Morgan fingerprint density at radius 2 is 1.77 bits per heavy atom. The fourth-order valence-electron chi connectivity index (χ4n) is 2.91. The van der Waals surface area contributed by atoms with Crippen LogP contribution in [0.4, 0.5) is 13.2 Å². The van der Waals surface area contributed by atoms with E-state index in [1.165, 1.54) is 12.1 Å². The molecule has 0 aliphatic rings. The van der Waals surface area contributed by atoms with E-state index in [2.05, 4.69) is 15.5 Å². The Bertz CT molecular complexity index is 984. The number of methoxy groups -OCH3 is 1. The standard InChI is InChI=1S/C22H22F3N3O3/c1-30-18-11-7-16(8-12-18)21-27-20(31-28-21)4-2-3-19(29)26-14-13-15-5-9-17(10-6-15)22(23,24)25/h5-12H,2-4,13-14H2,1H3,(H,26,29). The van der Waals surface area contributed by atoms with Crippen LogP contribution in [0.5, 0.6) is 5.75 Å². The molecule has 0 saturated heterocycles. The SMILES string of the molecule is COc1ccc(-c2noc(CCCC(=O)NCCc3ccc(C(F)(F)F)cc3)n2)cc1. The quantitative estimate of drug-likeness (QED) is 0.540. The summed E-state index contributed by atoms with van der Waals surface area (Å²) in [7, 11) is 1.59. The average Bonchev–Trinajstić information content (AvgIpc) is 3.22. The molecule has 0 radical (unpaired) electrons. The van der Waals surface area contributed by atoms with Crippen LogP contribution in [-0.2, 0) is 23.8 Å². The number of amides is 1. The summed E-state index contributed by atoms with van der Waals surface area (Å²) in [5.41, 5.74) is 0.846. The second-order valence-electron chi connectivity index (χ2n) is 6.89. The van der Waals surface area contributed by atoms with E-state index in [9.17, 15) is 18.0 Å². The molecule has 0 saturated carbocycles. The van der Waals surface area contributed by atoms with Gasteiger partial charge in [0.1, 0.15) is 5.75 Å². The van der Waals surface area contributed by atoms with Crippen LogP contribution in [0.1, 0.15) is 29.9 Å². The van der Waals surface area contributed by atoms with Crippen molar-refractivity contribution in [1.29, 1.82) is 0 Å². The maximum atomic E-state index is 12.6. The van der Waals surface area contributed by atoms with Crippen LogP contribution in [0.15, 0.2) is 53.1 Å². The molecule has 0 unspecified atom stereocenters. The topological polar surface area (TPSA) is 77.2 Å². The van der Waals surface area contributed by atoms with Crippen LogP contribution in [0.25, 0.3) is 11.4 Å². The van der Waals surface area contributed by atoms with Gasteiger partial charge in [-0.3, -0.25) is 4.79 Å². The fraction of sp³-hybridized carbons (Fsp3) is 0.318. The summed E-state index contributed by atoms with van der Waals surface area (Å²) >= 11 is 0. The minimum Gasteiger partial charge on any atom is -0.497 e. The number of carbonyl (C=O) groups is 1. The molecule has 9 heteroatoms. The smallest absolute Gasteiger partial charge is 0.416 e. The van der Waals surface area contributed by atoms with Gasteiger partial charge in [-0.1, -0.05) is 17.3 Å². The Morgan fingerprint density at radius 3 is 2.42 bits per heavy atom. The van der Waals surface area contributed by atoms with Gasteiger partial charge >= 0.3 is 6.18 Å². The van der Waals surface area contributed by atoms with Crippen molar-refractivity contribution in [2.75, 3.05) is 13.7 Å². The third-order valence-electron chi connectivity index (χ3n) is 4.63. The third-order valence-corrected chi connectivity index (χ3v) is 4.63. The lowest BCUT2D eigenvalue weighted by molar-refractivity contribution is -0.137. The largest absolute Gasteiger partial charge is 0.497 e. The van der Waals surface area contributed by atoms with Crippen LogP contribution in [0, 0.1) is 0 Å². The second kappa shape index (κ2) is 10.1. The minimum absolute atomic E-state index is 0.137. The molecule has 1 amide bonds. The molecule has 6 nitrogen and oxygen atoms in total. The number of aryl methyl sites for hydroxylation is 1. The number of carbonyl (C=O) groups excluding carboxylic acids is 1. The number of hydrogen-bond donors (Lipinski definition) is 1. The van der Waals surface area contributed by atoms with Crippen LogP contribution >= 0.6 is 0 Å². The first-order valence-corrected chi connectivity index (χ1v) is 9.75. The zero-order valence-electron chi connectivity index (χ0n) is 16.9. The van der Waals surface area contributed by atoms with E-state index >= 15 is 0 Å². The number of rotatable bonds is 9. The molecule has 164 valence electrons. The van der Waals surface area contributed by atoms with Crippen LogP contribution in [-0.4, -0.2) is 29.7 Å². The van der Waals surface area contributed by atoms with Gasteiger partial charge in [0, 0.05) is 24.9 Å².